The van der Waals surface area contributed by atoms with E-state index in [4.69, 9.17) is 5.73 Å². The van der Waals surface area contributed by atoms with E-state index in [2.05, 4.69) is 4.98 Å². The van der Waals surface area contributed by atoms with E-state index in [1.807, 2.05) is 30.3 Å². The molecule has 0 aliphatic heterocycles. The standard InChI is InChI=1S/C10H9N3O/c11-10-7-13(14)9(6-12-10)8-4-2-1-3-5-8/h1-7H,(H2,11,12). The van der Waals surface area contributed by atoms with Crippen LogP contribution in [0.15, 0.2) is 42.7 Å². The summed E-state index contributed by atoms with van der Waals surface area (Å²) in [6, 6.07) is 9.32. The predicted octanol–water partition coefficient (Wildman–Crippen LogP) is 0.964. The van der Waals surface area contributed by atoms with Crippen molar-refractivity contribution in [1.82, 2.24) is 4.98 Å². The fourth-order valence-electron chi connectivity index (χ4n) is 1.23. The Kier molecular flexibility index (Phi) is 2.02. The molecular formula is C10H9N3O. The Balaban J connectivity index is 2.53. The van der Waals surface area contributed by atoms with Gasteiger partial charge in [-0.15, -0.1) is 0 Å². The van der Waals surface area contributed by atoms with Gasteiger partial charge in [-0.2, -0.15) is 4.73 Å². The van der Waals surface area contributed by atoms with Crippen molar-refractivity contribution < 1.29 is 4.73 Å². The van der Waals surface area contributed by atoms with Crippen molar-refractivity contribution in [3.05, 3.63) is 47.9 Å². The number of benzene rings is 1. The van der Waals surface area contributed by atoms with Gasteiger partial charge in [-0.1, -0.05) is 18.2 Å². The van der Waals surface area contributed by atoms with Crippen LogP contribution in [0.25, 0.3) is 11.3 Å². The number of anilines is 1. The summed E-state index contributed by atoms with van der Waals surface area (Å²) in [6.07, 6.45) is 2.72. The van der Waals surface area contributed by atoms with Crippen LogP contribution < -0.4 is 10.5 Å². The molecule has 0 radical (unpaired) electrons. The summed E-state index contributed by atoms with van der Waals surface area (Å²) in [5.41, 5.74) is 6.70. The lowest BCUT2D eigenvalue weighted by molar-refractivity contribution is -0.593. The van der Waals surface area contributed by atoms with Crippen molar-refractivity contribution in [1.29, 1.82) is 0 Å². The number of hydrogen-bond acceptors (Lipinski definition) is 3. The molecule has 70 valence electrons. The minimum atomic E-state index is 0.222. The Morgan fingerprint density at radius 3 is 2.57 bits per heavy atom. The highest BCUT2D eigenvalue weighted by atomic mass is 16.5. The maximum Gasteiger partial charge on any atom is 0.242 e. The number of nitrogens with zero attached hydrogens (tertiary/aromatic N) is 2. The predicted molar refractivity (Wildman–Crippen MR) is 53.0 cm³/mol. The van der Waals surface area contributed by atoms with Crippen LogP contribution in [0.1, 0.15) is 0 Å². The molecular weight excluding hydrogens is 178 g/mol. The van der Waals surface area contributed by atoms with Crippen molar-refractivity contribution in [3.8, 4) is 11.3 Å². The van der Waals surface area contributed by atoms with Crippen molar-refractivity contribution in [2.24, 2.45) is 0 Å². The molecule has 14 heavy (non-hydrogen) atoms. The van der Waals surface area contributed by atoms with Crippen LogP contribution in [0, 0.1) is 5.21 Å². The molecule has 0 unspecified atom stereocenters. The maximum atomic E-state index is 11.4. The highest BCUT2D eigenvalue weighted by Crippen LogP contribution is 2.13. The third-order valence-electron chi connectivity index (χ3n) is 1.89. The first-order valence-electron chi connectivity index (χ1n) is 4.17. The third kappa shape index (κ3) is 1.50. The summed E-state index contributed by atoms with van der Waals surface area (Å²) in [7, 11) is 0. The van der Waals surface area contributed by atoms with E-state index in [9.17, 15) is 5.21 Å². The van der Waals surface area contributed by atoms with Crippen molar-refractivity contribution >= 4 is 5.82 Å². The highest BCUT2D eigenvalue weighted by Gasteiger charge is 2.08. The van der Waals surface area contributed by atoms with Crippen molar-refractivity contribution in [2.75, 3.05) is 5.73 Å². The SMILES string of the molecule is Nc1c[n+]([O-])c(-c2ccccc2)cn1. The zero-order valence-corrected chi connectivity index (χ0v) is 7.42. The van der Waals surface area contributed by atoms with Gasteiger partial charge in [0.25, 0.3) is 0 Å². The summed E-state index contributed by atoms with van der Waals surface area (Å²) in [5, 5.41) is 11.4. The largest absolute Gasteiger partial charge is 0.618 e. The molecule has 1 heterocycles. The van der Waals surface area contributed by atoms with E-state index < -0.39 is 0 Å². The summed E-state index contributed by atoms with van der Waals surface area (Å²) in [4.78, 5) is 3.87. The molecule has 0 spiro atoms. The number of nitrogen functional groups attached to an aromatic ring is 1. The van der Waals surface area contributed by atoms with Crippen LogP contribution >= 0.6 is 0 Å². The van der Waals surface area contributed by atoms with Crippen LogP contribution in [-0.4, -0.2) is 4.98 Å². The number of nitrogens with two attached hydrogens (primary N) is 1. The number of aromatic nitrogens is 2. The first-order chi connectivity index (χ1) is 6.77. The van der Waals surface area contributed by atoms with Gasteiger partial charge >= 0.3 is 0 Å². The monoisotopic (exact) mass is 187 g/mol. The first kappa shape index (κ1) is 8.50. The fraction of sp³-hybridized carbons (Fsp3) is 0. The first-order valence-corrected chi connectivity index (χ1v) is 4.17. The molecule has 0 amide bonds. The molecule has 2 aromatic rings. The zero-order valence-electron chi connectivity index (χ0n) is 7.42. The van der Waals surface area contributed by atoms with E-state index in [0.717, 1.165) is 10.3 Å². The number of rotatable bonds is 1. The summed E-state index contributed by atoms with van der Waals surface area (Å²) in [6.45, 7) is 0. The topological polar surface area (TPSA) is 65.8 Å². The summed E-state index contributed by atoms with van der Waals surface area (Å²) < 4.78 is 0.720. The van der Waals surface area contributed by atoms with Crippen molar-refractivity contribution in [3.63, 3.8) is 0 Å². The van der Waals surface area contributed by atoms with E-state index in [1.165, 1.54) is 12.4 Å². The molecule has 0 aliphatic carbocycles. The molecule has 0 bridgehead atoms. The Labute approximate surface area is 81.2 Å². The van der Waals surface area contributed by atoms with Gasteiger partial charge < -0.3 is 10.9 Å². The Morgan fingerprint density at radius 2 is 1.93 bits per heavy atom. The normalized spacial score (nSPS) is 10.0. The average Bonchev–Trinajstić information content (AvgIpc) is 2.19. The van der Waals surface area contributed by atoms with Gasteiger partial charge in [0.15, 0.2) is 5.82 Å². The van der Waals surface area contributed by atoms with Gasteiger partial charge in [0.1, 0.15) is 6.20 Å². The van der Waals surface area contributed by atoms with Gasteiger partial charge in [0.05, 0.1) is 0 Å². The molecule has 4 nitrogen and oxygen atoms in total. The average molecular weight is 187 g/mol. The fourth-order valence-corrected chi connectivity index (χ4v) is 1.23. The number of hydrogen-bond donors (Lipinski definition) is 1. The smallest absolute Gasteiger partial charge is 0.242 e. The van der Waals surface area contributed by atoms with Crippen LogP contribution in [-0.2, 0) is 0 Å². The molecule has 0 aliphatic rings. The van der Waals surface area contributed by atoms with Gasteiger partial charge in [0, 0.05) is 5.56 Å². The van der Waals surface area contributed by atoms with Crippen LogP contribution in [0.4, 0.5) is 5.82 Å². The van der Waals surface area contributed by atoms with E-state index in [1.54, 1.807) is 0 Å². The molecule has 1 aromatic heterocycles. The lowest BCUT2D eigenvalue weighted by Gasteiger charge is -2.03. The Bertz CT molecular complexity index is 442. The van der Waals surface area contributed by atoms with Gasteiger partial charge in [-0.25, -0.2) is 4.98 Å². The van der Waals surface area contributed by atoms with Crippen LogP contribution in [0.3, 0.4) is 0 Å². The molecule has 2 rings (SSSR count). The van der Waals surface area contributed by atoms with E-state index >= 15 is 0 Å². The molecule has 0 saturated carbocycles. The second-order valence-electron chi connectivity index (χ2n) is 2.89. The van der Waals surface area contributed by atoms with E-state index in [-0.39, 0.29) is 5.82 Å². The highest BCUT2D eigenvalue weighted by molar-refractivity contribution is 5.55. The quantitative estimate of drug-likeness (QED) is 0.534. The lowest BCUT2D eigenvalue weighted by Crippen LogP contribution is -2.29. The lowest BCUT2D eigenvalue weighted by atomic mass is 10.2. The second-order valence-corrected chi connectivity index (χ2v) is 2.89. The summed E-state index contributed by atoms with van der Waals surface area (Å²) in [5.74, 6) is 0.222. The van der Waals surface area contributed by atoms with Gasteiger partial charge in [-0.05, 0) is 12.1 Å². The van der Waals surface area contributed by atoms with E-state index in [0.29, 0.717) is 5.69 Å². The summed E-state index contributed by atoms with van der Waals surface area (Å²) >= 11 is 0. The minimum absolute atomic E-state index is 0.222. The Hall–Kier alpha value is -2.10. The Morgan fingerprint density at radius 1 is 1.21 bits per heavy atom. The van der Waals surface area contributed by atoms with Crippen molar-refractivity contribution in [2.45, 2.75) is 0 Å². The minimum Gasteiger partial charge on any atom is -0.618 e. The van der Waals surface area contributed by atoms with Crippen LogP contribution in [0.5, 0.6) is 0 Å². The third-order valence-corrected chi connectivity index (χ3v) is 1.89. The molecule has 4 heteroatoms. The van der Waals surface area contributed by atoms with Gasteiger partial charge in [0.2, 0.25) is 11.9 Å². The molecule has 0 atom stereocenters. The zero-order chi connectivity index (χ0) is 9.97. The maximum absolute atomic E-state index is 11.4. The molecule has 1 aromatic carbocycles. The molecule has 0 fully saturated rings. The molecule has 2 N–H and O–H groups in total. The second kappa shape index (κ2) is 3.33. The van der Waals surface area contributed by atoms with Gasteiger partial charge in [-0.3, -0.25) is 0 Å². The molecule has 0 saturated heterocycles. The van der Waals surface area contributed by atoms with Crippen LogP contribution in [0.2, 0.25) is 0 Å².